The number of aliphatic hydroxyl groups excluding tert-OH is 1. The van der Waals surface area contributed by atoms with Crippen LogP contribution in [0.25, 0.3) is 0 Å². The summed E-state index contributed by atoms with van der Waals surface area (Å²) in [6.07, 6.45) is 2.03. The summed E-state index contributed by atoms with van der Waals surface area (Å²) < 4.78 is 0. The lowest BCUT2D eigenvalue weighted by Gasteiger charge is -2.10. The maximum Gasteiger partial charge on any atom is 0.0434 e. The molecule has 0 aliphatic carbocycles. The molecule has 1 rings (SSSR count). The highest BCUT2D eigenvalue weighted by molar-refractivity contribution is 7.47. The molecule has 0 aliphatic heterocycles. The van der Waals surface area contributed by atoms with E-state index in [-0.39, 0.29) is 0 Å². The van der Waals surface area contributed by atoms with Gasteiger partial charge in [-0.3, -0.25) is 0 Å². The zero-order chi connectivity index (χ0) is 10.6. The molecule has 0 aromatic heterocycles. The highest BCUT2D eigenvalue weighted by Crippen LogP contribution is 2.18. The highest BCUT2D eigenvalue weighted by Gasteiger charge is 2.02. The molecule has 14 heavy (non-hydrogen) atoms. The van der Waals surface area contributed by atoms with Crippen molar-refractivity contribution in [1.82, 2.24) is 0 Å². The van der Waals surface area contributed by atoms with Gasteiger partial charge in [-0.15, -0.1) is 0 Å². The molecular weight excluding hydrogens is 191 g/mol. The summed E-state index contributed by atoms with van der Waals surface area (Å²) in [4.78, 5) is 0. The monoisotopic (exact) mass is 210 g/mol. The summed E-state index contributed by atoms with van der Waals surface area (Å²) >= 11 is 0. The minimum absolute atomic E-state index is 0.316. The van der Waals surface area contributed by atoms with Crippen molar-refractivity contribution in [3.63, 3.8) is 0 Å². The fourth-order valence-corrected chi connectivity index (χ4v) is 3.04. The Morgan fingerprint density at radius 1 is 1.14 bits per heavy atom. The van der Waals surface area contributed by atoms with Crippen molar-refractivity contribution in [2.45, 2.75) is 27.2 Å². The lowest BCUT2D eigenvalue weighted by atomic mass is 10.1. The molecule has 0 aliphatic rings. The average Bonchev–Trinajstić information content (AvgIpc) is 2.09. The van der Waals surface area contributed by atoms with Gasteiger partial charge in [0.1, 0.15) is 0 Å². The Bertz CT molecular complexity index is 284. The molecule has 0 saturated carbocycles. The van der Waals surface area contributed by atoms with E-state index in [1.807, 2.05) is 0 Å². The summed E-state index contributed by atoms with van der Waals surface area (Å²) in [5, 5.41) is 10.2. The molecule has 2 heteroatoms. The predicted molar refractivity (Wildman–Crippen MR) is 65.2 cm³/mol. The predicted octanol–water partition coefficient (Wildman–Crippen LogP) is 2.30. The van der Waals surface area contributed by atoms with Gasteiger partial charge in [0, 0.05) is 6.61 Å². The Labute approximate surface area is 88.3 Å². The first-order chi connectivity index (χ1) is 6.65. The third-order valence-corrected chi connectivity index (χ3v) is 4.06. The van der Waals surface area contributed by atoms with Gasteiger partial charge in [0.25, 0.3) is 0 Å². The van der Waals surface area contributed by atoms with E-state index in [9.17, 15) is 0 Å². The van der Waals surface area contributed by atoms with Crippen LogP contribution >= 0.6 is 8.58 Å². The van der Waals surface area contributed by atoms with Gasteiger partial charge in [-0.1, -0.05) is 26.3 Å². The third-order valence-electron chi connectivity index (χ3n) is 2.31. The van der Waals surface area contributed by atoms with Gasteiger partial charge in [-0.2, -0.15) is 0 Å². The number of benzene rings is 1. The summed E-state index contributed by atoms with van der Waals surface area (Å²) in [6, 6.07) is 4.49. The van der Waals surface area contributed by atoms with E-state index in [0.717, 1.165) is 21.2 Å². The van der Waals surface area contributed by atoms with Crippen LogP contribution in [0.15, 0.2) is 12.1 Å². The van der Waals surface area contributed by atoms with E-state index >= 15 is 0 Å². The molecule has 0 fully saturated rings. The maximum absolute atomic E-state index is 8.73. The van der Waals surface area contributed by atoms with E-state index in [4.69, 9.17) is 5.11 Å². The number of rotatable bonds is 4. The third kappa shape index (κ3) is 3.08. The summed E-state index contributed by atoms with van der Waals surface area (Å²) in [5.41, 5.74) is 4.15. The van der Waals surface area contributed by atoms with Crippen LogP contribution in [0.2, 0.25) is 0 Å². The first kappa shape index (κ1) is 11.7. The van der Waals surface area contributed by atoms with Gasteiger partial charge in [0.05, 0.1) is 0 Å². The van der Waals surface area contributed by atoms with Crippen molar-refractivity contribution in [1.29, 1.82) is 0 Å². The minimum atomic E-state index is 0.316. The van der Waals surface area contributed by atoms with E-state index in [0.29, 0.717) is 6.61 Å². The lowest BCUT2D eigenvalue weighted by Crippen LogP contribution is -2.07. The Balaban J connectivity index is 2.75. The molecule has 78 valence electrons. The van der Waals surface area contributed by atoms with Gasteiger partial charge in [-0.25, -0.2) is 0 Å². The van der Waals surface area contributed by atoms with Gasteiger partial charge >= 0.3 is 0 Å². The van der Waals surface area contributed by atoms with Crippen molar-refractivity contribution in [2.75, 3.05) is 12.8 Å². The number of aliphatic hydroxyl groups is 1. The largest absolute Gasteiger partial charge is 0.396 e. The topological polar surface area (TPSA) is 20.2 Å². The Morgan fingerprint density at radius 3 is 2.21 bits per heavy atom. The van der Waals surface area contributed by atoms with Crippen LogP contribution in [-0.2, 0) is 0 Å². The molecule has 0 spiro atoms. The second kappa shape index (κ2) is 5.48. The van der Waals surface area contributed by atoms with Crippen LogP contribution in [0.3, 0.4) is 0 Å². The maximum atomic E-state index is 8.73. The number of aryl methyl sites for hydroxylation is 3. The van der Waals surface area contributed by atoms with E-state index in [1.165, 1.54) is 22.0 Å². The zero-order valence-corrected chi connectivity index (χ0v) is 10.2. The van der Waals surface area contributed by atoms with Crippen molar-refractivity contribution in [3.8, 4) is 0 Å². The van der Waals surface area contributed by atoms with E-state index in [2.05, 4.69) is 32.9 Å². The smallest absolute Gasteiger partial charge is 0.0434 e. The molecule has 0 radical (unpaired) electrons. The second-order valence-corrected chi connectivity index (χ2v) is 5.13. The van der Waals surface area contributed by atoms with Crippen molar-refractivity contribution in [3.05, 3.63) is 28.8 Å². The molecule has 1 N–H and O–H groups in total. The molecule has 0 heterocycles. The zero-order valence-electron chi connectivity index (χ0n) is 9.22. The molecule has 1 aromatic rings. The standard InChI is InChI=1S/C12H19OP/c1-9-7-10(2)12(11(3)8-9)14-6-4-5-13/h7-8,13-14H,4-6H2,1-3H3. The summed E-state index contributed by atoms with van der Waals surface area (Å²) in [6.45, 7) is 6.82. The quantitative estimate of drug-likeness (QED) is 0.597. The summed E-state index contributed by atoms with van der Waals surface area (Å²) in [5.74, 6) is 0. The van der Waals surface area contributed by atoms with Gasteiger partial charge in [0.15, 0.2) is 0 Å². The molecule has 0 amide bonds. The first-order valence-electron chi connectivity index (χ1n) is 5.07. The van der Waals surface area contributed by atoms with Crippen molar-refractivity contribution >= 4 is 13.9 Å². The SMILES string of the molecule is Cc1cc(C)c(PCCCO)c(C)c1. The minimum Gasteiger partial charge on any atom is -0.396 e. The van der Waals surface area contributed by atoms with Crippen LogP contribution in [0.4, 0.5) is 0 Å². The van der Waals surface area contributed by atoms with Crippen LogP contribution < -0.4 is 5.30 Å². The van der Waals surface area contributed by atoms with Gasteiger partial charge in [-0.05, 0) is 49.8 Å². The normalized spacial score (nSPS) is 11.4. The number of hydrogen-bond donors (Lipinski definition) is 1. The Hall–Kier alpha value is -0.390. The molecule has 1 atom stereocenters. The average molecular weight is 210 g/mol. The molecule has 1 nitrogen and oxygen atoms in total. The lowest BCUT2D eigenvalue weighted by molar-refractivity contribution is 0.296. The molecule has 0 bridgehead atoms. The van der Waals surface area contributed by atoms with Gasteiger partial charge in [0.2, 0.25) is 0 Å². The first-order valence-corrected chi connectivity index (χ1v) is 6.28. The summed E-state index contributed by atoms with van der Waals surface area (Å²) in [7, 11) is 0.845. The van der Waals surface area contributed by atoms with Crippen LogP contribution in [-0.4, -0.2) is 17.9 Å². The van der Waals surface area contributed by atoms with Crippen molar-refractivity contribution in [2.24, 2.45) is 0 Å². The van der Waals surface area contributed by atoms with E-state index < -0.39 is 0 Å². The molecular formula is C12H19OP. The fourth-order valence-electron chi connectivity index (χ4n) is 1.75. The molecule has 1 unspecified atom stereocenters. The van der Waals surface area contributed by atoms with Crippen LogP contribution in [0.5, 0.6) is 0 Å². The van der Waals surface area contributed by atoms with E-state index in [1.54, 1.807) is 0 Å². The number of hydrogen-bond acceptors (Lipinski definition) is 1. The van der Waals surface area contributed by atoms with Crippen molar-refractivity contribution < 1.29 is 5.11 Å². The molecule has 0 saturated heterocycles. The fraction of sp³-hybridized carbons (Fsp3) is 0.500. The Morgan fingerprint density at radius 2 is 1.71 bits per heavy atom. The molecule has 1 aromatic carbocycles. The highest BCUT2D eigenvalue weighted by atomic mass is 31.1. The second-order valence-electron chi connectivity index (χ2n) is 3.78. The van der Waals surface area contributed by atoms with Crippen LogP contribution in [0, 0.1) is 20.8 Å². The Kier molecular flexibility index (Phi) is 4.57. The van der Waals surface area contributed by atoms with Crippen LogP contribution in [0.1, 0.15) is 23.1 Å². The van der Waals surface area contributed by atoms with Gasteiger partial charge < -0.3 is 5.11 Å².